The van der Waals surface area contributed by atoms with Crippen molar-refractivity contribution in [1.29, 1.82) is 5.26 Å². The van der Waals surface area contributed by atoms with E-state index in [0.717, 1.165) is 24.3 Å². The van der Waals surface area contributed by atoms with Crippen molar-refractivity contribution in [3.8, 4) is 6.07 Å². The fourth-order valence-electron chi connectivity index (χ4n) is 0.946. The first-order valence-corrected chi connectivity index (χ1v) is 5.90. The van der Waals surface area contributed by atoms with Gasteiger partial charge in [-0.1, -0.05) is 11.6 Å². The summed E-state index contributed by atoms with van der Waals surface area (Å²) in [5, 5.41) is 18.7. The molecule has 0 amide bonds. The molecule has 0 N–H and O–H groups in total. The van der Waals surface area contributed by atoms with Gasteiger partial charge >= 0.3 is 0 Å². The molecule has 8 heteroatoms. The highest BCUT2D eigenvalue weighted by Gasteiger charge is 2.25. The molecule has 6 nitrogen and oxygen atoms in total. The minimum Gasteiger partial charge on any atom is -0.258 e. The van der Waals surface area contributed by atoms with Crippen molar-refractivity contribution in [3.05, 3.63) is 34.4 Å². The van der Waals surface area contributed by atoms with Crippen LogP contribution in [0.1, 0.15) is 0 Å². The van der Waals surface area contributed by atoms with Gasteiger partial charge in [0.1, 0.15) is 0 Å². The molecule has 84 valence electrons. The third-order valence-corrected chi connectivity index (χ3v) is 4.13. The Labute approximate surface area is 96.1 Å². The molecule has 0 fully saturated rings. The van der Waals surface area contributed by atoms with Gasteiger partial charge in [0.2, 0.25) is 14.5 Å². The number of benzene rings is 1. The molecule has 0 aromatic heterocycles. The molecule has 0 radical (unpaired) electrons. The van der Waals surface area contributed by atoms with E-state index in [1.807, 2.05) is 0 Å². The van der Waals surface area contributed by atoms with Crippen LogP contribution in [0, 0.1) is 21.4 Å². The van der Waals surface area contributed by atoms with E-state index in [1.165, 1.54) is 6.07 Å². The van der Waals surface area contributed by atoms with Crippen LogP contribution in [0.15, 0.2) is 29.2 Å². The van der Waals surface area contributed by atoms with Gasteiger partial charge < -0.3 is 0 Å². The second-order valence-corrected chi connectivity index (χ2v) is 5.47. The standard InChI is InChI=1S/C8H5ClN2O4S/c9-8(5-10)16(14,15)7-3-1-6(2-4-7)11(12)13/h1-4,8H. The second-order valence-electron chi connectivity index (χ2n) is 2.74. The van der Waals surface area contributed by atoms with Gasteiger partial charge in [-0.25, -0.2) is 8.42 Å². The van der Waals surface area contributed by atoms with Gasteiger partial charge in [0.05, 0.1) is 15.9 Å². The maximum absolute atomic E-state index is 11.5. The van der Waals surface area contributed by atoms with Crippen LogP contribution < -0.4 is 0 Å². The summed E-state index contributed by atoms with van der Waals surface area (Å²) in [6.45, 7) is 0. The lowest BCUT2D eigenvalue weighted by Crippen LogP contribution is -2.13. The fourth-order valence-corrected chi connectivity index (χ4v) is 2.15. The van der Waals surface area contributed by atoms with Crippen LogP contribution in [-0.2, 0) is 9.84 Å². The van der Waals surface area contributed by atoms with Crippen molar-refractivity contribution >= 4 is 27.1 Å². The quantitative estimate of drug-likeness (QED) is 0.465. The number of rotatable bonds is 3. The number of alkyl halides is 1. The van der Waals surface area contributed by atoms with Gasteiger partial charge in [0.15, 0.2) is 0 Å². The number of hydrogen-bond donors (Lipinski definition) is 0. The zero-order chi connectivity index (χ0) is 12.3. The number of nitro benzene ring substituents is 1. The molecule has 1 aromatic rings. The van der Waals surface area contributed by atoms with Gasteiger partial charge in [-0.3, -0.25) is 10.1 Å². The zero-order valence-electron chi connectivity index (χ0n) is 7.70. The molecule has 0 bridgehead atoms. The molecule has 1 rings (SSSR count). The summed E-state index contributed by atoms with van der Waals surface area (Å²) in [6, 6.07) is 5.54. The average Bonchev–Trinajstić information content (AvgIpc) is 2.28. The largest absolute Gasteiger partial charge is 0.269 e. The van der Waals surface area contributed by atoms with Crippen LogP contribution >= 0.6 is 11.6 Å². The molecule has 1 atom stereocenters. The first kappa shape index (κ1) is 12.4. The lowest BCUT2D eigenvalue weighted by molar-refractivity contribution is -0.384. The molecule has 1 aromatic carbocycles. The lowest BCUT2D eigenvalue weighted by Gasteiger charge is -2.03. The molecule has 0 heterocycles. The van der Waals surface area contributed by atoms with Crippen LogP contribution in [-0.4, -0.2) is 18.1 Å². The number of sulfone groups is 1. The SMILES string of the molecule is N#CC(Cl)S(=O)(=O)c1ccc([N+](=O)[O-])cc1. The molecule has 0 aliphatic carbocycles. The maximum atomic E-state index is 11.5. The molecule has 0 aliphatic rings. The van der Waals surface area contributed by atoms with Crippen LogP contribution in [0.4, 0.5) is 5.69 Å². The van der Waals surface area contributed by atoms with Crippen molar-refractivity contribution < 1.29 is 13.3 Å². The highest BCUT2D eigenvalue weighted by molar-refractivity contribution is 7.93. The topological polar surface area (TPSA) is 101 Å². The summed E-state index contributed by atoms with van der Waals surface area (Å²) in [5.41, 5.74) is -0.234. The second kappa shape index (κ2) is 4.47. The highest BCUT2D eigenvalue weighted by Crippen LogP contribution is 2.21. The molecular weight excluding hydrogens is 256 g/mol. The molecule has 0 aliphatic heterocycles. The van der Waals surface area contributed by atoms with E-state index in [1.54, 1.807) is 0 Å². The summed E-state index contributed by atoms with van der Waals surface area (Å²) in [7, 11) is -3.95. The number of halogens is 1. The van der Waals surface area contributed by atoms with Crippen molar-refractivity contribution in [3.63, 3.8) is 0 Å². The summed E-state index contributed by atoms with van der Waals surface area (Å²) in [5.74, 6) is 0. The van der Waals surface area contributed by atoms with Gasteiger partial charge in [-0.05, 0) is 12.1 Å². The third-order valence-electron chi connectivity index (χ3n) is 1.75. The molecular formula is C8H5ClN2O4S. The van der Waals surface area contributed by atoms with E-state index < -0.39 is 19.5 Å². The summed E-state index contributed by atoms with van der Waals surface area (Å²) in [4.78, 5) is 9.45. The Morgan fingerprint density at radius 2 is 1.88 bits per heavy atom. The Morgan fingerprint density at radius 1 is 1.38 bits per heavy atom. The monoisotopic (exact) mass is 260 g/mol. The van der Waals surface area contributed by atoms with Gasteiger partial charge in [-0.15, -0.1) is 0 Å². The Hall–Kier alpha value is -1.65. The molecule has 1 unspecified atom stereocenters. The molecule has 0 saturated carbocycles. The third kappa shape index (κ3) is 2.29. The normalized spacial score (nSPS) is 12.8. The first-order chi connectivity index (χ1) is 7.39. The van der Waals surface area contributed by atoms with E-state index in [2.05, 4.69) is 0 Å². The molecule has 0 saturated heterocycles. The molecule has 0 spiro atoms. The Balaban J connectivity index is 3.18. The number of nitro groups is 1. The summed E-state index contributed by atoms with van der Waals surface area (Å²) >= 11 is 5.31. The average molecular weight is 261 g/mol. The van der Waals surface area contributed by atoms with Gasteiger partial charge in [-0.2, -0.15) is 5.26 Å². The maximum Gasteiger partial charge on any atom is 0.269 e. The van der Waals surface area contributed by atoms with Crippen molar-refractivity contribution in [2.75, 3.05) is 0 Å². The zero-order valence-corrected chi connectivity index (χ0v) is 9.27. The number of non-ortho nitro benzene ring substituents is 1. The Morgan fingerprint density at radius 3 is 2.25 bits per heavy atom. The summed E-state index contributed by atoms with van der Waals surface area (Å²) < 4.78 is 21.3. The lowest BCUT2D eigenvalue weighted by atomic mass is 10.3. The van der Waals surface area contributed by atoms with Crippen molar-refractivity contribution in [2.45, 2.75) is 9.60 Å². The van der Waals surface area contributed by atoms with E-state index in [-0.39, 0.29) is 10.6 Å². The van der Waals surface area contributed by atoms with Crippen molar-refractivity contribution in [2.24, 2.45) is 0 Å². The highest BCUT2D eigenvalue weighted by atomic mass is 35.5. The van der Waals surface area contributed by atoms with Gasteiger partial charge in [0, 0.05) is 12.1 Å². The minimum absolute atomic E-state index is 0.223. The number of hydrogen-bond acceptors (Lipinski definition) is 5. The number of nitrogens with zero attached hydrogens (tertiary/aromatic N) is 2. The summed E-state index contributed by atoms with van der Waals surface area (Å²) in [6.07, 6.45) is 0. The van der Waals surface area contributed by atoms with E-state index in [9.17, 15) is 18.5 Å². The first-order valence-electron chi connectivity index (χ1n) is 3.91. The Bertz CT molecular complexity index is 546. The number of nitriles is 1. The predicted octanol–water partition coefficient (Wildman–Crippen LogP) is 1.46. The van der Waals surface area contributed by atoms with E-state index in [4.69, 9.17) is 16.9 Å². The van der Waals surface area contributed by atoms with E-state index in [0.29, 0.717) is 0 Å². The van der Waals surface area contributed by atoms with Crippen LogP contribution in [0.3, 0.4) is 0 Å². The fraction of sp³-hybridized carbons (Fsp3) is 0.125. The Kier molecular flexibility index (Phi) is 3.47. The van der Waals surface area contributed by atoms with Crippen LogP contribution in [0.5, 0.6) is 0 Å². The van der Waals surface area contributed by atoms with E-state index >= 15 is 0 Å². The van der Waals surface area contributed by atoms with Crippen molar-refractivity contribution in [1.82, 2.24) is 0 Å². The van der Waals surface area contributed by atoms with Crippen LogP contribution in [0.2, 0.25) is 0 Å². The predicted molar refractivity (Wildman–Crippen MR) is 55.5 cm³/mol. The minimum atomic E-state index is -3.95. The molecule has 16 heavy (non-hydrogen) atoms. The van der Waals surface area contributed by atoms with Crippen LogP contribution in [0.25, 0.3) is 0 Å². The smallest absolute Gasteiger partial charge is 0.258 e. The van der Waals surface area contributed by atoms with Gasteiger partial charge in [0.25, 0.3) is 5.69 Å².